The second-order valence-corrected chi connectivity index (χ2v) is 6.81. The van der Waals surface area contributed by atoms with Gasteiger partial charge in [0.2, 0.25) is 0 Å². The second kappa shape index (κ2) is 9.54. The van der Waals surface area contributed by atoms with Crippen LogP contribution in [0.2, 0.25) is 0 Å². The van der Waals surface area contributed by atoms with E-state index in [4.69, 9.17) is 4.42 Å². The zero-order valence-electron chi connectivity index (χ0n) is 16.1. The molecule has 150 valence electrons. The molecule has 0 bridgehead atoms. The summed E-state index contributed by atoms with van der Waals surface area (Å²) in [5.41, 5.74) is -1.15. The smallest absolute Gasteiger partial charge is 0.191 e. The molecule has 2 aromatic heterocycles. The number of guanidine groups is 1. The van der Waals surface area contributed by atoms with Crippen molar-refractivity contribution in [3.63, 3.8) is 0 Å². The number of aromatic nitrogens is 3. The molecule has 9 heteroatoms. The van der Waals surface area contributed by atoms with E-state index in [1.54, 1.807) is 25.3 Å². The third-order valence-corrected chi connectivity index (χ3v) is 4.50. The number of furan rings is 1. The van der Waals surface area contributed by atoms with Crippen LogP contribution in [0.5, 0.6) is 0 Å². The fourth-order valence-electron chi connectivity index (χ4n) is 3.04. The number of halogens is 1. The van der Waals surface area contributed by atoms with Gasteiger partial charge >= 0.3 is 0 Å². The fourth-order valence-corrected chi connectivity index (χ4v) is 3.04. The molecule has 3 N–H and O–H groups in total. The Hall–Kier alpha value is -1.62. The van der Waals surface area contributed by atoms with Crippen molar-refractivity contribution in [1.29, 1.82) is 0 Å². The van der Waals surface area contributed by atoms with Crippen molar-refractivity contribution < 1.29 is 9.52 Å². The van der Waals surface area contributed by atoms with Crippen LogP contribution in [0.15, 0.2) is 27.8 Å². The molecular weight excluding hydrogens is 459 g/mol. The lowest BCUT2D eigenvalue weighted by Crippen LogP contribution is -2.47. The Morgan fingerprint density at radius 3 is 2.96 bits per heavy atom. The fraction of sp³-hybridized carbons (Fsp3) is 0.611. The van der Waals surface area contributed by atoms with Crippen LogP contribution in [-0.2, 0) is 25.0 Å². The largest absolute Gasteiger partial charge is 0.466 e. The lowest BCUT2D eigenvalue weighted by atomic mass is 10.0. The predicted octanol–water partition coefficient (Wildman–Crippen LogP) is 1.83. The van der Waals surface area contributed by atoms with Crippen LogP contribution in [0.1, 0.15) is 44.6 Å². The first-order valence-electron chi connectivity index (χ1n) is 9.25. The number of aliphatic hydroxyl groups is 1. The van der Waals surface area contributed by atoms with E-state index in [2.05, 4.69) is 32.6 Å². The van der Waals surface area contributed by atoms with Crippen molar-refractivity contribution in [1.82, 2.24) is 25.4 Å². The summed E-state index contributed by atoms with van der Waals surface area (Å²) in [6.45, 7) is 7.51. The third kappa shape index (κ3) is 5.44. The summed E-state index contributed by atoms with van der Waals surface area (Å²) >= 11 is 0. The van der Waals surface area contributed by atoms with Crippen molar-refractivity contribution in [3.05, 3.63) is 35.8 Å². The lowest BCUT2D eigenvalue weighted by Gasteiger charge is -2.26. The molecule has 27 heavy (non-hydrogen) atoms. The SMILES string of the molecule is CCNC(=NCC(C)(O)c1ccco1)NC1CCc2nc(CC)nn2C1.I. The highest BCUT2D eigenvalue weighted by atomic mass is 127. The van der Waals surface area contributed by atoms with E-state index in [9.17, 15) is 5.11 Å². The number of hydrogen-bond donors (Lipinski definition) is 3. The molecule has 1 aliphatic heterocycles. The van der Waals surface area contributed by atoms with E-state index >= 15 is 0 Å². The normalized spacial score (nSPS) is 19.0. The number of aryl methyl sites for hydroxylation is 2. The van der Waals surface area contributed by atoms with Crippen LogP contribution in [0, 0.1) is 0 Å². The minimum absolute atomic E-state index is 0. The number of nitrogens with zero attached hydrogens (tertiary/aromatic N) is 4. The number of nitrogens with one attached hydrogen (secondary N) is 2. The summed E-state index contributed by atoms with van der Waals surface area (Å²) in [6, 6.07) is 3.74. The van der Waals surface area contributed by atoms with Crippen molar-refractivity contribution in [2.75, 3.05) is 13.1 Å². The Morgan fingerprint density at radius 2 is 2.30 bits per heavy atom. The summed E-state index contributed by atoms with van der Waals surface area (Å²) in [5.74, 6) is 3.15. The molecule has 3 rings (SSSR count). The molecule has 3 heterocycles. The van der Waals surface area contributed by atoms with Crippen LogP contribution in [0.3, 0.4) is 0 Å². The van der Waals surface area contributed by atoms with E-state index in [1.165, 1.54) is 0 Å². The molecule has 2 aromatic rings. The molecule has 8 nitrogen and oxygen atoms in total. The average molecular weight is 488 g/mol. The molecular formula is C18H29IN6O2. The molecule has 1 aliphatic rings. The molecule has 0 aliphatic carbocycles. The van der Waals surface area contributed by atoms with Crippen molar-refractivity contribution in [3.8, 4) is 0 Å². The monoisotopic (exact) mass is 488 g/mol. The van der Waals surface area contributed by atoms with E-state index in [0.717, 1.165) is 44.0 Å². The number of rotatable bonds is 6. The Bertz CT molecular complexity index is 741. The lowest BCUT2D eigenvalue weighted by molar-refractivity contribution is 0.0436. The first-order chi connectivity index (χ1) is 12.5. The Morgan fingerprint density at radius 1 is 1.48 bits per heavy atom. The predicted molar refractivity (Wildman–Crippen MR) is 114 cm³/mol. The van der Waals surface area contributed by atoms with Crippen LogP contribution in [0.25, 0.3) is 0 Å². The maximum atomic E-state index is 10.6. The standard InChI is InChI=1S/C18H28N6O2.HI/c1-4-15-22-16-9-8-13(11-24(16)23-15)21-17(19-5-2)20-12-18(3,25)14-7-6-10-26-14;/h6-7,10,13,25H,4-5,8-9,11-12H2,1-3H3,(H2,19,20,21);1H. The van der Waals surface area contributed by atoms with Gasteiger partial charge in [-0.25, -0.2) is 14.7 Å². The Labute approximate surface area is 176 Å². The van der Waals surface area contributed by atoms with Gasteiger partial charge in [-0.15, -0.1) is 24.0 Å². The average Bonchev–Trinajstić information content (AvgIpc) is 3.29. The highest BCUT2D eigenvalue weighted by molar-refractivity contribution is 14.0. The van der Waals surface area contributed by atoms with Crippen LogP contribution in [0.4, 0.5) is 0 Å². The van der Waals surface area contributed by atoms with Gasteiger partial charge in [-0.1, -0.05) is 6.92 Å². The summed E-state index contributed by atoms with van der Waals surface area (Å²) < 4.78 is 7.30. The van der Waals surface area contributed by atoms with Crippen molar-refractivity contribution >= 4 is 29.9 Å². The van der Waals surface area contributed by atoms with Gasteiger partial charge in [0.15, 0.2) is 11.8 Å². The summed E-state index contributed by atoms with van der Waals surface area (Å²) in [6.07, 6.45) is 4.28. The highest BCUT2D eigenvalue weighted by Gasteiger charge is 2.27. The molecule has 0 fully saturated rings. The molecule has 0 spiro atoms. The van der Waals surface area contributed by atoms with Crippen molar-refractivity contribution in [2.24, 2.45) is 4.99 Å². The quantitative estimate of drug-likeness (QED) is 0.326. The van der Waals surface area contributed by atoms with E-state index in [-0.39, 0.29) is 36.6 Å². The van der Waals surface area contributed by atoms with Crippen molar-refractivity contribution in [2.45, 2.75) is 58.2 Å². The van der Waals surface area contributed by atoms with E-state index in [1.807, 2.05) is 11.6 Å². The molecule has 2 atom stereocenters. The number of hydrogen-bond acceptors (Lipinski definition) is 5. The molecule has 0 radical (unpaired) electrons. The first-order valence-corrected chi connectivity index (χ1v) is 9.25. The maximum absolute atomic E-state index is 10.6. The molecule has 2 unspecified atom stereocenters. The van der Waals surface area contributed by atoms with Gasteiger partial charge in [0, 0.05) is 25.4 Å². The molecule has 0 amide bonds. The molecule has 0 aromatic carbocycles. The van der Waals surface area contributed by atoms with E-state index < -0.39 is 5.60 Å². The zero-order valence-corrected chi connectivity index (χ0v) is 18.4. The Kier molecular flexibility index (Phi) is 7.66. The third-order valence-electron chi connectivity index (χ3n) is 4.50. The van der Waals surface area contributed by atoms with Crippen LogP contribution in [-0.4, -0.2) is 45.0 Å². The minimum Gasteiger partial charge on any atom is -0.466 e. The van der Waals surface area contributed by atoms with Crippen LogP contribution >= 0.6 is 24.0 Å². The van der Waals surface area contributed by atoms with Crippen LogP contribution < -0.4 is 10.6 Å². The maximum Gasteiger partial charge on any atom is 0.191 e. The van der Waals surface area contributed by atoms with Gasteiger partial charge in [-0.05, 0) is 32.4 Å². The van der Waals surface area contributed by atoms with Gasteiger partial charge in [-0.2, -0.15) is 5.10 Å². The van der Waals surface area contributed by atoms with Gasteiger partial charge in [-0.3, -0.25) is 0 Å². The summed E-state index contributed by atoms with van der Waals surface area (Å²) in [4.78, 5) is 9.10. The minimum atomic E-state index is -1.15. The highest BCUT2D eigenvalue weighted by Crippen LogP contribution is 2.21. The first kappa shape index (κ1) is 21.7. The van der Waals surface area contributed by atoms with Gasteiger partial charge in [0.05, 0.1) is 19.4 Å². The summed E-state index contributed by atoms with van der Waals surface area (Å²) in [7, 11) is 0. The van der Waals surface area contributed by atoms with Gasteiger partial charge in [0.1, 0.15) is 17.2 Å². The Balaban J connectivity index is 0.00000261. The number of aliphatic imine (C=N–C) groups is 1. The van der Waals surface area contributed by atoms with Gasteiger partial charge in [0.25, 0.3) is 0 Å². The van der Waals surface area contributed by atoms with Gasteiger partial charge < -0.3 is 20.2 Å². The zero-order chi connectivity index (χ0) is 18.6. The number of fused-ring (bicyclic) bond motifs is 1. The summed E-state index contributed by atoms with van der Waals surface area (Å²) in [5, 5.41) is 21.8. The second-order valence-electron chi connectivity index (χ2n) is 6.81. The topological polar surface area (TPSA) is 100 Å². The molecule has 0 saturated heterocycles. The molecule has 0 saturated carbocycles. The van der Waals surface area contributed by atoms with E-state index in [0.29, 0.717) is 11.7 Å².